The van der Waals surface area contributed by atoms with Gasteiger partial charge in [0.05, 0.1) is 11.4 Å². The van der Waals surface area contributed by atoms with Gasteiger partial charge in [-0.15, -0.1) is 0 Å². The van der Waals surface area contributed by atoms with Gasteiger partial charge >= 0.3 is 0 Å². The second-order valence-electron chi connectivity index (χ2n) is 4.97. The Balaban J connectivity index is 2.51. The summed E-state index contributed by atoms with van der Waals surface area (Å²) in [4.78, 5) is 0. The summed E-state index contributed by atoms with van der Waals surface area (Å²) in [5, 5.41) is 3.99. The average molecular weight is 227 g/mol. The first-order valence-corrected chi connectivity index (χ1v) is 5.55. The molecule has 0 saturated heterocycles. The third kappa shape index (κ3) is 4.43. The molecular formula is C12H19ClN2. The van der Waals surface area contributed by atoms with Crippen molar-refractivity contribution in [3.8, 4) is 0 Å². The van der Waals surface area contributed by atoms with Crippen LogP contribution >= 0.6 is 11.6 Å². The van der Waals surface area contributed by atoms with E-state index < -0.39 is 0 Å². The molecule has 2 nitrogen and oxygen atoms in total. The van der Waals surface area contributed by atoms with Crippen LogP contribution in [0, 0.1) is 5.41 Å². The third-order valence-corrected chi connectivity index (χ3v) is 2.44. The highest BCUT2D eigenvalue weighted by Gasteiger charge is 2.09. The van der Waals surface area contributed by atoms with E-state index in [1.54, 1.807) is 6.07 Å². The summed E-state index contributed by atoms with van der Waals surface area (Å²) in [5.41, 5.74) is 7.83. The summed E-state index contributed by atoms with van der Waals surface area (Å²) in [6.07, 6.45) is 1.11. The normalized spacial score (nSPS) is 11.5. The summed E-state index contributed by atoms with van der Waals surface area (Å²) in [6, 6.07) is 5.53. The Kier molecular flexibility index (Phi) is 3.86. The molecule has 0 aliphatic heterocycles. The molecule has 15 heavy (non-hydrogen) atoms. The van der Waals surface area contributed by atoms with Gasteiger partial charge in [-0.1, -0.05) is 32.4 Å². The number of nitrogens with one attached hydrogen (secondary N) is 1. The van der Waals surface area contributed by atoms with Crippen molar-refractivity contribution in [2.45, 2.75) is 27.2 Å². The third-order valence-electron chi connectivity index (χ3n) is 2.20. The highest BCUT2D eigenvalue weighted by Crippen LogP contribution is 2.24. The zero-order valence-electron chi connectivity index (χ0n) is 9.60. The predicted octanol–water partition coefficient (Wildman–Crippen LogP) is 3.77. The number of nitrogen functional groups attached to an aromatic ring is 1. The molecule has 0 aliphatic carbocycles. The molecule has 0 radical (unpaired) electrons. The Hall–Kier alpha value is -0.890. The Morgan fingerprint density at radius 1 is 1.33 bits per heavy atom. The number of rotatable bonds is 3. The molecule has 0 fully saturated rings. The van der Waals surface area contributed by atoms with E-state index in [4.69, 9.17) is 17.3 Å². The van der Waals surface area contributed by atoms with Gasteiger partial charge in [0.25, 0.3) is 0 Å². The number of hydrogen-bond donors (Lipinski definition) is 2. The summed E-state index contributed by atoms with van der Waals surface area (Å²) in [5.74, 6) is 0. The van der Waals surface area contributed by atoms with Crippen LogP contribution in [0.1, 0.15) is 27.2 Å². The Labute approximate surface area is 96.8 Å². The highest BCUT2D eigenvalue weighted by atomic mass is 35.5. The van der Waals surface area contributed by atoms with E-state index >= 15 is 0 Å². The lowest BCUT2D eigenvalue weighted by molar-refractivity contribution is 0.390. The molecule has 0 saturated carbocycles. The van der Waals surface area contributed by atoms with Crippen molar-refractivity contribution in [1.29, 1.82) is 0 Å². The summed E-state index contributed by atoms with van der Waals surface area (Å²) in [6.45, 7) is 7.59. The van der Waals surface area contributed by atoms with Gasteiger partial charge in [-0.2, -0.15) is 0 Å². The fourth-order valence-electron chi connectivity index (χ4n) is 1.27. The first-order chi connectivity index (χ1) is 6.88. The Bertz CT molecular complexity index is 329. The van der Waals surface area contributed by atoms with E-state index in [1.807, 2.05) is 12.1 Å². The van der Waals surface area contributed by atoms with Crippen molar-refractivity contribution in [2.75, 3.05) is 17.6 Å². The predicted molar refractivity (Wildman–Crippen MR) is 68.4 cm³/mol. The lowest BCUT2D eigenvalue weighted by Crippen LogP contribution is -2.13. The van der Waals surface area contributed by atoms with Gasteiger partial charge in [-0.25, -0.2) is 0 Å². The molecule has 1 aromatic rings. The molecule has 3 N–H and O–H groups in total. The van der Waals surface area contributed by atoms with Gasteiger partial charge in [0.2, 0.25) is 0 Å². The molecule has 0 bridgehead atoms. The molecule has 0 aromatic heterocycles. The molecule has 3 heteroatoms. The minimum Gasteiger partial charge on any atom is -0.397 e. The molecule has 0 amide bonds. The highest BCUT2D eigenvalue weighted by molar-refractivity contribution is 6.31. The average Bonchev–Trinajstić information content (AvgIpc) is 2.07. The van der Waals surface area contributed by atoms with Crippen molar-refractivity contribution in [1.82, 2.24) is 0 Å². The second-order valence-corrected chi connectivity index (χ2v) is 5.41. The van der Waals surface area contributed by atoms with Crippen LogP contribution in [0.25, 0.3) is 0 Å². The van der Waals surface area contributed by atoms with Crippen LogP contribution in [0.2, 0.25) is 5.02 Å². The zero-order valence-corrected chi connectivity index (χ0v) is 10.4. The standard InChI is InChI=1S/C12H19ClN2/c1-12(2,3)6-7-15-11-5-4-9(13)8-10(11)14/h4-5,8,15H,6-7,14H2,1-3H3. The molecule has 0 aliphatic rings. The van der Waals surface area contributed by atoms with Crippen LogP contribution in [0.3, 0.4) is 0 Å². The molecule has 84 valence electrons. The zero-order chi connectivity index (χ0) is 11.5. The van der Waals surface area contributed by atoms with Crippen LogP contribution in [-0.2, 0) is 0 Å². The molecule has 1 rings (SSSR count). The molecule has 0 unspecified atom stereocenters. The number of anilines is 2. The van der Waals surface area contributed by atoms with Gasteiger partial charge in [0.1, 0.15) is 0 Å². The smallest absolute Gasteiger partial charge is 0.0574 e. The first-order valence-electron chi connectivity index (χ1n) is 5.17. The minimum atomic E-state index is 0.341. The van der Waals surface area contributed by atoms with Crippen LogP contribution in [-0.4, -0.2) is 6.54 Å². The number of halogens is 1. The number of benzene rings is 1. The van der Waals surface area contributed by atoms with Crippen LogP contribution in [0.4, 0.5) is 11.4 Å². The van der Waals surface area contributed by atoms with Crippen molar-refractivity contribution >= 4 is 23.0 Å². The van der Waals surface area contributed by atoms with Crippen molar-refractivity contribution < 1.29 is 0 Å². The van der Waals surface area contributed by atoms with E-state index in [9.17, 15) is 0 Å². The lowest BCUT2D eigenvalue weighted by atomic mass is 9.92. The van der Waals surface area contributed by atoms with E-state index in [0.29, 0.717) is 16.1 Å². The van der Waals surface area contributed by atoms with Crippen LogP contribution in [0.5, 0.6) is 0 Å². The summed E-state index contributed by atoms with van der Waals surface area (Å²) < 4.78 is 0. The molecular weight excluding hydrogens is 208 g/mol. The Morgan fingerprint density at radius 2 is 2.00 bits per heavy atom. The van der Waals surface area contributed by atoms with Gasteiger partial charge in [0.15, 0.2) is 0 Å². The van der Waals surface area contributed by atoms with Gasteiger partial charge in [0, 0.05) is 11.6 Å². The monoisotopic (exact) mass is 226 g/mol. The molecule has 1 aromatic carbocycles. The SMILES string of the molecule is CC(C)(C)CCNc1ccc(Cl)cc1N. The number of hydrogen-bond acceptors (Lipinski definition) is 2. The molecule has 0 heterocycles. The minimum absolute atomic E-state index is 0.341. The first kappa shape index (κ1) is 12.2. The van der Waals surface area contributed by atoms with Crippen molar-refractivity contribution in [3.05, 3.63) is 23.2 Å². The van der Waals surface area contributed by atoms with E-state index in [0.717, 1.165) is 18.7 Å². The van der Waals surface area contributed by atoms with Gasteiger partial charge < -0.3 is 11.1 Å². The fourth-order valence-corrected chi connectivity index (χ4v) is 1.45. The van der Waals surface area contributed by atoms with E-state index in [-0.39, 0.29) is 0 Å². The number of nitrogens with two attached hydrogens (primary N) is 1. The van der Waals surface area contributed by atoms with Gasteiger partial charge in [-0.3, -0.25) is 0 Å². The second kappa shape index (κ2) is 4.75. The molecule has 0 spiro atoms. The maximum Gasteiger partial charge on any atom is 0.0574 e. The van der Waals surface area contributed by atoms with Crippen molar-refractivity contribution in [3.63, 3.8) is 0 Å². The lowest BCUT2D eigenvalue weighted by Gasteiger charge is -2.19. The maximum absolute atomic E-state index is 5.82. The van der Waals surface area contributed by atoms with E-state index in [2.05, 4.69) is 26.1 Å². The van der Waals surface area contributed by atoms with E-state index in [1.165, 1.54) is 0 Å². The van der Waals surface area contributed by atoms with Gasteiger partial charge in [-0.05, 0) is 30.0 Å². The summed E-state index contributed by atoms with van der Waals surface area (Å²) in [7, 11) is 0. The Morgan fingerprint density at radius 3 is 2.53 bits per heavy atom. The largest absolute Gasteiger partial charge is 0.397 e. The fraction of sp³-hybridized carbons (Fsp3) is 0.500. The maximum atomic E-state index is 5.82. The quantitative estimate of drug-likeness (QED) is 0.770. The summed E-state index contributed by atoms with van der Waals surface area (Å²) >= 11 is 5.82. The van der Waals surface area contributed by atoms with Crippen LogP contribution in [0.15, 0.2) is 18.2 Å². The van der Waals surface area contributed by atoms with Crippen molar-refractivity contribution in [2.24, 2.45) is 5.41 Å². The molecule has 0 atom stereocenters. The topological polar surface area (TPSA) is 38.0 Å². The van der Waals surface area contributed by atoms with Crippen LogP contribution < -0.4 is 11.1 Å².